The molecular formula is C18H29N3O3S. The molecule has 6 nitrogen and oxygen atoms in total. The van der Waals surface area contributed by atoms with Crippen molar-refractivity contribution in [1.29, 1.82) is 0 Å². The van der Waals surface area contributed by atoms with Crippen molar-refractivity contribution in [3.05, 3.63) is 29.8 Å². The van der Waals surface area contributed by atoms with Crippen molar-refractivity contribution in [2.24, 2.45) is 11.1 Å². The molecule has 0 radical (unpaired) electrons. The number of nitrogens with two attached hydrogens (primary N) is 1. The molecule has 25 heavy (non-hydrogen) atoms. The zero-order valence-corrected chi connectivity index (χ0v) is 16.3. The maximum absolute atomic E-state index is 12.9. The molecule has 1 fully saturated rings. The van der Waals surface area contributed by atoms with Gasteiger partial charge in [-0.15, -0.1) is 0 Å². The topological polar surface area (TPSA) is 83.7 Å². The predicted octanol–water partition coefficient (Wildman–Crippen LogP) is 1.92. The largest absolute Gasteiger partial charge is 0.338 e. The van der Waals surface area contributed by atoms with Crippen LogP contribution in [0.4, 0.5) is 0 Å². The van der Waals surface area contributed by atoms with Crippen molar-refractivity contribution >= 4 is 15.9 Å². The van der Waals surface area contributed by atoms with Gasteiger partial charge in [0.15, 0.2) is 0 Å². The van der Waals surface area contributed by atoms with Crippen LogP contribution in [0.15, 0.2) is 29.2 Å². The summed E-state index contributed by atoms with van der Waals surface area (Å²) >= 11 is 0. The van der Waals surface area contributed by atoms with Crippen LogP contribution in [-0.2, 0) is 10.0 Å². The lowest BCUT2D eigenvalue weighted by molar-refractivity contribution is 0.0533. The van der Waals surface area contributed by atoms with Crippen LogP contribution in [0.3, 0.4) is 0 Å². The second kappa shape index (κ2) is 7.43. The van der Waals surface area contributed by atoms with Crippen molar-refractivity contribution in [2.45, 2.75) is 45.1 Å². The Morgan fingerprint density at radius 1 is 1.32 bits per heavy atom. The Kier molecular flexibility index (Phi) is 5.91. The van der Waals surface area contributed by atoms with Crippen LogP contribution in [0.2, 0.25) is 0 Å². The van der Waals surface area contributed by atoms with Crippen LogP contribution in [0.25, 0.3) is 0 Å². The SMILES string of the molecule is CCN(CC)S(=O)(=O)c1cccc(C(=O)N2CCC(N)C(C)(C)C2)c1. The lowest BCUT2D eigenvalue weighted by atomic mass is 9.79. The molecule has 1 aromatic rings. The third-order valence-electron chi connectivity index (χ3n) is 5.02. The number of carbonyl (C=O) groups is 1. The Hall–Kier alpha value is -1.44. The summed E-state index contributed by atoms with van der Waals surface area (Å²) in [5.74, 6) is -0.142. The molecule has 2 N–H and O–H groups in total. The van der Waals surface area contributed by atoms with Gasteiger partial charge in [-0.05, 0) is 30.0 Å². The molecule has 0 aromatic heterocycles. The predicted molar refractivity (Wildman–Crippen MR) is 98.8 cm³/mol. The average molecular weight is 368 g/mol. The van der Waals surface area contributed by atoms with Gasteiger partial charge < -0.3 is 10.6 Å². The van der Waals surface area contributed by atoms with Crippen LogP contribution in [-0.4, -0.2) is 55.8 Å². The average Bonchev–Trinajstić information content (AvgIpc) is 2.57. The first-order valence-electron chi connectivity index (χ1n) is 8.78. The Balaban J connectivity index is 2.28. The fraction of sp³-hybridized carbons (Fsp3) is 0.611. The second-order valence-corrected chi connectivity index (χ2v) is 9.17. The summed E-state index contributed by atoms with van der Waals surface area (Å²) in [4.78, 5) is 14.8. The van der Waals surface area contributed by atoms with E-state index in [4.69, 9.17) is 5.73 Å². The third-order valence-corrected chi connectivity index (χ3v) is 7.07. The van der Waals surface area contributed by atoms with E-state index in [1.165, 1.54) is 10.4 Å². The number of rotatable bonds is 5. The summed E-state index contributed by atoms with van der Waals surface area (Å²) in [6.45, 7) is 9.67. The van der Waals surface area contributed by atoms with Gasteiger partial charge in [-0.25, -0.2) is 8.42 Å². The van der Waals surface area contributed by atoms with Gasteiger partial charge in [0.2, 0.25) is 10.0 Å². The maximum atomic E-state index is 12.9. The van der Waals surface area contributed by atoms with Gasteiger partial charge in [0.25, 0.3) is 5.91 Å². The second-order valence-electron chi connectivity index (χ2n) is 7.23. The van der Waals surface area contributed by atoms with E-state index in [9.17, 15) is 13.2 Å². The van der Waals surface area contributed by atoms with Gasteiger partial charge in [-0.3, -0.25) is 4.79 Å². The summed E-state index contributed by atoms with van der Waals surface area (Å²) < 4.78 is 26.7. The summed E-state index contributed by atoms with van der Waals surface area (Å²) in [5, 5.41) is 0. The first-order valence-corrected chi connectivity index (χ1v) is 10.2. The molecule has 1 unspecified atom stereocenters. The molecule has 7 heteroatoms. The van der Waals surface area contributed by atoms with Crippen molar-refractivity contribution in [2.75, 3.05) is 26.2 Å². The lowest BCUT2D eigenvalue weighted by Gasteiger charge is -2.42. The fourth-order valence-electron chi connectivity index (χ4n) is 3.23. The highest BCUT2D eigenvalue weighted by molar-refractivity contribution is 7.89. The molecule has 0 bridgehead atoms. The monoisotopic (exact) mass is 367 g/mol. The van der Waals surface area contributed by atoms with Gasteiger partial charge >= 0.3 is 0 Å². The summed E-state index contributed by atoms with van der Waals surface area (Å²) in [7, 11) is -3.58. The van der Waals surface area contributed by atoms with Crippen molar-refractivity contribution < 1.29 is 13.2 Å². The van der Waals surface area contributed by atoms with Crippen LogP contribution in [0.1, 0.15) is 44.5 Å². The van der Waals surface area contributed by atoms with E-state index >= 15 is 0 Å². The number of amides is 1. The molecule has 0 saturated carbocycles. The first-order chi connectivity index (χ1) is 11.6. The maximum Gasteiger partial charge on any atom is 0.253 e. The number of likely N-dealkylation sites (tertiary alicyclic amines) is 1. The molecule has 0 aliphatic carbocycles. The number of carbonyl (C=O) groups excluding carboxylic acids is 1. The molecule has 1 aliphatic rings. The van der Waals surface area contributed by atoms with Crippen LogP contribution < -0.4 is 5.73 Å². The normalized spacial score (nSPS) is 20.7. The number of hydrogen-bond acceptors (Lipinski definition) is 4. The lowest BCUT2D eigenvalue weighted by Crippen LogP contribution is -2.54. The van der Waals surface area contributed by atoms with E-state index in [2.05, 4.69) is 13.8 Å². The van der Waals surface area contributed by atoms with Gasteiger partial charge in [-0.1, -0.05) is 33.8 Å². The minimum absolute atomic E-state index is 0.0610. The smallest absolute Gasteiger partial charge is 0.253 e. The van der Waals surface area contributed by atoms with E-state index in [1.54, 1.807) is 36.9 Å². The van der Waals surface area contributed by atoms with Crippen molar-refractivity contribution in [1.82, 2.24) is 9.21 Å². The Labute approximate surface area is 151 Å². The van der Waals surface area contributed by atoms with Crippen LogP contribution in [0, 0.1) is 5.41 Å². The minimum atomic E-state index is -3.58. The molecule has 1 saturated heterocycles. The molecule has 1 aromatic carbocycles. The number of nitrogens with zero attached hydrogens (tertiary/aromatic N) is 2. The summed E-state index contributed by atoms with van der Waals surface area (Å²) in [6.07, 6.45) is 0.746. The molecule has 1 aliphatic heterocycles. The standard InChI is InChI=1S/C18H29N3O3S/c1-5-21(6-2)25(23,24)15-9-7-8-14(12-15)17(22)20-11-10-16(19)18(3,4)13-20/h7-9,12,16H,5-6,10-11,13,19H2,1-4H3. The zero-order chi connectivity index (χ0) is 18.8. The van der Waals surface area contributed by atoms with E-state index in [0.29, 0.717) is 31.7 Å². The number of hydrogen-bond donors (Lipinski definition) is 1. The Morgan fingerprint density at radius 3 is 2.52 bits per heavy atom. The third kappa shape index (κ3) is 4.04. The van der Waals surface area contributed by atoms with E-state index in [1.807, 2.05) is 0 Å². The summed E-state index contributed by atoms with van der Waals surface area (Å²) in [6, 6.07) is 6.39. The summed E-state index contributed by atoms with van der Waals surface area (Å²) in [5.41, 5.74) is 6.38. The van der Waals surface area contributed by atoms with Gasteiger partial charge in [0.05, 0.1) is 4.90 Å². The molecule has 2 rings (SSSR count). The zero-order valence-electron chi connectivity index (χ0n) is 15.5. The van der Waals surface area contributed by atoms with Crippen LogP contribution >= 0.6 is 0 Å². The quantitative estimate of drug-likeness (QED) is 0.862. The van der Waals surface area contributed by atoms with E-state index in [-0.39, 0.29) is 22.3 Å². The molecule has 1 heterocycles. The van der Waals surface area contributed by atoms with Gasteiger partial charge in [0, 0.05) is 37.8 Å². The number of piperidine rings is 1. The molecule has 140 valence electrons. The molecule has 1 atom stereocenters. The highest BCUT2D eigenvalue weighted by Crippen LogP contribution is 2.29. The highest BCUT2D eigenvalue weighted by Gasteiger charge is 2.35. The highest BCUT2D eigenvalue weighted by atomic mass is 32.2. The van der Waals surface area contributed by atoms with Crippen LogP contribution in [0.5, 0.6) is 0 Å². The van der Waals surface area contributed by atoms with Crippen molar-refractivity contribution in [3.63, 3.8) is 0 Å². The minimum Gasteiger partial charge on any atom is -0.338 e. The van der Waals surface area contributed by atoms with E-state index < -0.39 is 10.0 Å². The fourth-order valence-corrected chi connectivity index (χ4v) is 4.74. The first kappa shape index (κ1) is 19.9. The number of sulfonamides is 1. The Bertz CT molecular complexity index is 727. The van der Waals surface area contributed by atoms with Gasteiger partial charge in [-0.2, -0.15) is 4.31 Å². The number of benzene rings is 1. The molecule has 1 amide bonds. The molecular weight excluding hydrogens is 338 g/mol. The van der Waals surface area contributed by atoms with Crippen molar-refractivity contribution in [3.8, 4) is 0 Å². The Morgan fingerprint density at radius 2 is 1.96 bits per heavy atom. The van der Waals surface area contributed by atoms with E-state index in [0.717, 1.165) is 6.42 Å². The molecule has 0 spiro atoms. The van der Waals surface area contributed by atoms with Gasteiger partial charge in [0.1, 0.15) is 0 Å².